The van der Waals surface area contributed by atoms with E-state index in [1.54, 1.807) is 24.4 Å². The average Bonchev–Trinajstić information content (AvgIpc) is 3.00. The van der Waals surface area contributed by atoms with E-state index in [9.17, 15) is 9.59 Å². The Morgan fingerprint density at radius 3 is 2.92 bits per heavy atom. The van der Waals surface area contributed by atoms with Gasteiger partial charge in [-0.2, -0.15) is 0 Å². The third-order valence-electron chi connectivity index (χ3n) is 4.61. The predicted octanol–water partition coefficient (Wildman–Crippen LogP) is 2.30. The van der Waals surface area contributed by atoms with Gasteiger partial charge in [0.05, 0.1) is 5.56 Å². The highest BCUT2D eigenvalue weighted by atomic mass is 16.4. The van der Waals surface area contributed by atoms with Crippen LogP contribution in [0, 0.1) is 6.92 Å². The molecule has 0 aliphatic carbocycles. The number of aromatic nitrogens is 2. The van der Waals surface area contributed by atoms with E-state index in [-0.39, 0.29) is 11.8 Å². The largest absolute Gasteiger partial charge is 0.478 e. The molecule has 1 fully saturated rings. The highest BCUT2D eigenvalue weighted by Crippen LogP contribution is 2.27. The summed E-state index contributed by atoms with van der Waals surface area (Å²) < 4.78 is 1.84. The molecule has 2 heterocycles. The first kappa shape index (κ1) is 16.2. The van der Waals surface area contributed by atoms with Crippen LogP contribution in [0.1, 0.15) is 40.5 Å². The number of rotatable bonds is 4. The van der Waals surface area contributed by atoms with Gasteiger partial charge in [-0.3, -0.25) is 4.79 Å². The lowest BCUT2D eigenvalue weighted by atomic mass is 9.89. The molecule has 6 nitrogen and oxygen atoms in total. The fourth-order valence-electron chi connectivity index (χ4n) is 3.22. The summed E-state index contributed by atoms with van der Waals surface area (Å²) in [6.07, 6.45) is 5.40. The molecular weight excluding hydrogens is 306 g/mol. The Morgan fingerprint density at radius 1 is 1.38 bits per heavy atom. The van der Waals surface area contributed by atoms with E-state index in [0.717, 1.165) is 30.8 Å². The second-order valence-electron chi connectivity index (χ2n) is 6.21. The van der Waals surface area contributed by atoms with Crippen LogP contribution in [-0.4, -0.2) is 44.5 Å². The molecule has 24 heavy (non-hydrogen) atoms. The van der Waals surface area contributed by atoms with Crippen molar-refractivity contribution < 1.29 is 14.7 Å². The number of carboxylic acid groups (broad SMARTS) is 1. The van der Waals surface area contributed by atoms with Gasteiger partial charge in [-0.15, -0.1) is 0 Å². The minimum Gasteiger partial charge on any atom is -0.478 e. The number of carbonyl (C=O) groups excluding carboxylic acids is 1. The van der Waals surface area contributed by atoms with E-state index >= 15 is 0 Å². The summed E-state index contributed by atoms with van der Waals surface area (Å²) in [5.41, 5.74) is 1.29. The van der Waals surface area contributed by atoms with Crippen LogP contribution in [0.4, 0.5) is 0 Å². The summed E-state index contributed by atoms with van der Waals surface area (Å²) in [5, 5.41) is 9.14. The van der Waals surface area contributed by atoms with E-state index < -0.39 is 5.97 Å². The van der Waals surface area contributed by atoms with Gasteiger partial charge in [-0.1, -0.05) is 12.1 Å². The molecule has 1 atom stereocenters. The molecule has 0 spiro atoms. The summed E-state index contributed by atoms with van der Waals surface area (Å²) >= 11 is 0. The molecule has 1 saturated heterocycles. The molecule has 1 aromatic carbocycles. The number of piperidine rings is 1. The van der Waals surface area contributed by atoms with Crippen LogP contribution in [0.15, 0.2) is 36.7 Å². The number of aromatic carboxylic acids is 1. The van der Waals surface area contributed by atoms with Crippen LogP contribution in [0.2, 0.25) is 0 Å². The fraction of sp³-hybridized carbons (Fsp3) is 0.389. The number of imidazole rings is 1. The standard InChI is InChI=1S/C18H21N3O3/c1-13-19-7-9-20(13)12-17(22)21-8-3-6-16(11-21)14-4-2-5-15(10-14)18(23)24/h2,4-5,7,9-10,16H,3,6,8,11-12H2,1H3,(H,23,24)/t16-/m1/s1. The predicted molar refractivity (Wildman–Crippen MR) is 88.9 cm³/mol. The van der Waals surface area contributed by atoms with Gasteiger partial charge in [0.15, 0.2) is 0 Å². The van der Waals surface area contributed by atoms with Crippen molar-refractivity contribution >= 4 is 11.9 Å². The van der Waals surface area contributed by atoms with Crippen molar-refractivity contribution in [3.05, 3.63) is 53.6 Å². The number of carboxylic acids is 1. The monoisotopic (exact) mass is 327 g/mol. The second-order valence-corrected chi connectivity index (χ2v) is 6.21. The number of nitrogens with zero attached hydrogens (tertiary/aromatic N) is 3. The van der Waals surface area contributed by atoms with Crippen molar-refractivity contribution in [1.29, 1.82) is 0 Å². The number of hydrogen-bond donors (Lipinski definition) is 1. The van der Waals surface area contributed by atoms with E-state index in [1.165, 1.54) is 0 Å². The Kier molecular flexibility index (Phi) is 4.64. The average molecular weight is 327 g/mol. The topological polar surface area (TPSA) is 75.4 Å². The van der Waals surface area contributed by atoms with Gasteiger partial charge in [-0.05, 0) is 37.5 Å². The maximum atomic E-state index is 12.6. The maximum absolute atomic E-state index is 12.6. The Bertz CT molecular complexity index is 753. The fourth-order valence-corrected chi connectivity index (χ4v) is 3.22. The lowest BCUT2D eigenvalue weighted by Crippen LogP contribution is -2.40. The molecule has 126 valence electrons. The summed E-state index contributed by atoms with van der Waals surface area (Å²) in [6.45, 7) is 3.56. The molecular formula is C18H21N3O3. The number of benzene rings is 1. The van der Waals surface area contributed by atoms with Crippen LogP contribution in [0.25, 0.3) is 0 Å². The van der Waals surface area contributed by atoms with Gasteiger partial charge in [0.25, 0.3) is 0 Å². The molecule has 0 unspecified atom stereocenters. The summed E-state index contributed by atoms with van der Waals surface area (Å²) in [4.78, 5) is 29.7. The lowest BCUT2D eigenvalue weighted by Gasteiger charge is -2.33. The van der Waals surface area contributed by atoms with E-state index in [1.807, 2.05) is 28.7 Å². The first-order valence-corrected chi connectivity index (χ1v) is 8.13. The number of hydrogen-bond acceptors (Lipinski definition) is 3. The van der Waals surface area contributed by atoms with Gasteiger partial charge >= 0.3 is 5.97 Å². The molecule has 0 bridgehead atoms. The minimum atomic E-state index is -0.920. The quantitative estimate of drug-likeness (QED) is 0.935. The number of carbonyl (C=O) groups is 2. The van der Waals surface area contributed by atoms with Crippen molar-refractivity contribution in [2.24, 2.45) is 0 Å². The van der Waals surface area contributed by atoms with E-state index in [4.69, 9.17) is 5.11 Å². The zero-order valence-electron chi connectivity index (χ0n) is 13.7. The third kappa shape index (κ3) is 3.48. The van der Waals surface area contributed by atoms with Gasteiger partial charge in [0, 0.05) is 31.4 Å². The van der Waals surface area contributed by atoms with Crippen molar-refractivity contribution in [2.75, 3.05) is 13.1 Å². The van der Waals surface area contributed by atoms with E-state index in [2.05, 4.69) is 4.98 Å². The molecule has 1 N–H and O–H groups in total. The lowest BCUT2D eigenvalue weighted by molar-refractivity contribution is -0.133. The normalized spacial score (nSPS) is 17.7. The van der Waals surface area contributed by atoms with Crippen molar-refractivity contribution in [1.82, 2.24) is 14.5 Å². The molecule has 6 heteroatoms. The third-order valence-corrected chi connectivity index (χ3v) is 4.61. The minimum absolute atomic E-state index is 0.0789. The van der Waals surface area contributed by atoms with Gasteiger partial charge in [0.2, 0.25) is 5.91 Å². The first-order valence-electron chi connectivity index (χ1n) is 8.13. The van der Waals surface area contributed by atoms with Crippen LogP contribution >= 0.6 is 0 Å². The highest BCUT2D eigenvalue weighted by molar-refractivity contribution is 5.87. The Balaban J connectivity index is 1.70. The van der Waals surface area contributed by atoms with Crippen molar-refractivity contribution in [3.8, 4) is 0 Å². The van der Waals surface area contributed by atoms with Crippen molar-refractivity contribution in [3.63, 3.8) is 0 Å². The molecule has 3 rings (SSSR count). The number of aryl methyl sites for hydroxylation is 1. The molecule has 2 aromatic rings. The summed E-state index contributed by atoms with van der Waals surface area (Å²) in [7, 11) is 0. The van der Waals surface area contributed by atoms with Gasteiger partial charge in [-0.25, -0.2) is 9.78 Å². The zero-order chi connectivity index (χ0) is 17.1. The summed E-state index contributed by atoms with van der Waals surface area (Å²) in [6, 6.07) is 7.04. The van der Waals surface area contributed by atoms with Crippen LogP contribution in [0.3, 0.4) is 0 Å². The maximum Gasteiger partial charge on any atom is 0.335 e. The van der Waals surface area contributed by atoms with Gasteiger partial charge in [0.1, 0.15) is 12.4 Å². The van der Waals surface area contributed by atoms with Crippen molar-refractivity contribution in [2.45, 2.75) is 32.2 Å². The number of amides is 1. The zero-order valence-corrected chi connectivity index (χ0v) is 13.7. The molecule has 0 saturated carbocycles. The smallest absolute Gasteiger partial charge is 0.335 e. The molecule has 1 aliphatic heterocycles. The molecule has 1 aliphatic rings. The SMILES string of the molecule is Cc1nccn1CC(=O)N1CCC[C@@H](c2cccc(C(=O)O)c2)C1. The highest BCUT2D eigenvalue weighted by Gasteiger charge is 2.25. The van der Waals surface area contributed by atoms with Crippen LogP contribution < -0.4 is 0 Å². The van der Waals surface area contributed by atoms with E-state index in [0.29, 0.717) is 18.7 Å². The van der Waals surface area contributed by atoms with Crippen LogP contribution in [0.5, 0.6) is 0 Å². The second kappa shape index (κ2) is 6.86. The Labute approximate surface area is 140 Å². The Hall–Kier alpha value is -2.63. The summed E-state index contributed by atoms with van der Waals surface area (Å²) in [5.74, 6) is 0.170. The molecule has 1 amide bonds. The number of likely N-dealkylation sites (tertiary alicyclic amines) is 1. The molecule has 1 aromatic heterocycles. The van der Waals surface area contributed by atoms with Gasteiger partial charge < -0.3 is 14.6 Å². The molecule has 0 radical (unpaired) electrons. The first-order chi connectivity index (χ1) is 11.5. The van der Waals surface area contributed by atoms with Crippen LogP contribution in [-0.2, 0) is 11.3 Å². The Morgan fingerprint density at radius 2 is 2.21 bits per heavy atom.